The number of hydrogen-bond acceptors (Lipinski definition) is 3. The topological polar surface area (TPSA) is 55.1 Å². The highest BCUT2D eigenvalue weighted by Crippen LogP contribution is 2.28. The van der Waals surface area contributed by atoms with Crippen LogP contribution in [0.1, 0.15) is 12.0 Å². The van der Waals surface area contributed by atoms with E-state index in [0.717, 1.165) is 11.3 Å². The van der Waals surface area contributed by atoms with E-state index in [-0.39, 0.29) is 5.91 Å². The van der Waals surface area contributed by atoms with Crippen LogP contribution in [0.4, 0.5) is 0 Å². The van der Waals surface area contributed by atoms with E-state index in [9.17, 15) is 4.79 Å². The molecule has 2 rings (SSSR count). The van der Waals surface area contributed by atoms with Crippen LogP contribution in [-0.2, 0) is 10.3 Å². The normalized spacial score (nSPS) is 13.6. The third-order valence-electron chi connectivity index (χ3n) is 3.60. The monoisotopic (exact) mass is 300 g/mol. The summed E-state index contributed by atoms with van der Waals surface area (Å²) in [4.78, 5) is 13.2. The van der Waals surface area contributed by atoms with Gasteiger partial charge in [-0.15, -0.1) is 11.8 Å². The molecule has 0 bridgehead atoms. The predicted octanol–water partition coefficient (Wildman–Crippen LogP) is 2.77. The number of likely N-dealkylation sites (N-methyl/N-ethyl adjacent to an activating group) is 1. The lowest BCUT2D eigenvalue weighted by atomic mass is 9.86. The second kappa shape index (κ2) is 7.29. The molecule has 1 atom stereocenters. The summed E-state index contributed by atoms with van der Waals surface area (Å²) < 4.78 is 0. The number of nitrogens with one attached hydrogen (secondary N) is 1. The lowest BCUT2D eigenvalue weighted by molar-refractivity contribution is -0.124. The van der Waals surface area contributed by atoms with Gasteiger partial charge in [-0.05, 0) is 31.2 Å². The van der Waals surface area contributed by atoms with Gasteiger partial charge in [0.25, 0.3) is 0 Å². The van der Waals surface area contributed by atoms with Crippen LogP contribution >= 0.6 is 11.8 Å². The van der Waals surface area contributed by atoms with Crippen LogP contribution in [0, 0.1) is 0 Å². The molecule has 1 unspecified atom stereocenters. The molecule has 2 aromatic rings. The zero-order valence-corrected chi connectivity index (χ0v) is 12.9. The van der Waals surface area contributed by atoms with Crippen molar-refractivity contribution in [1.29, 1.82) is 0 Å². The van der Waals surface area contributed by atoms with E-state index in [1.807, 2.05) is 48.5 Å². The number of rotatable bonds is 7. The fourth-order valence-corrected chi connectivity index (χ4v) is 3.36. The average Bonchev–Trinajstić information content (AvgIpc) is 2.53. The standard InChI is InChI=1S/C17H20N2OS/c1-19-17(16(18)20,14-8-4-2-5-9-14)12-13-21-15-10-6-3-7-11-15/h2-11,19H,12-13H2,1H3,(H2,18,20). The summed E-state index contributed by atoms with van der Waals surface area (Å²) in [6.07, 6.45) is 0.641. The van der Waals surface area contributed by atoms with Gasteiger partial charge in [0.1, 0.15) is 5.54 Å². The number of carbonyl (C=O) groups is 1. The molecule has 0 radical (unpaired) electrons. The Bertz CT molecular complexity index is 574. The summed E-state index contributed by atoms with van der Waals surface area (Å²) in [5, 5.41) is 3.13. The molecular weight excluding hydrogens is 280 g/mol. The highest BCUT2D eigenvalue weighted by molar-refractivity contribution is 7.99. The fourth-order valence-electron chi connectivity index (χ4n) is 2.36. The number of amides is 1. The molecule has 0 aliphatic carbocycles. The van der Waals surface area contributed by atoms with Gasteiger partial charge in [0.15, 0.2) is 0 Å². The third-order valence-corrected chi connectivity index (χ3v) is 4.62. The molecule has 2 aromatic carbocycles. The highest BCUT2D eigenvalue weighted by atomic mass is 32.2. The first-order valence-electron chi connectivity index (χ1n) is 6.91. The molecule has 0 heterocycles. The molecule has 21 heavy (non-hydrogen) atoms. The minimum atomic E-state index is -0.816. The van der Waals surface area contributed by atoms with E-state index in [4.69, 9.17) is 5.73 Å². The number of primary amides is 1. The SMILES string of the molecule is CNC(CCSc1ccccc1)(C(N)=O)c1ccccc1. The Morgan fingerprint density at radius 1 is 1.10 bits per heavy atom. The zero-order valence-electron chi connectivity index (χ0n) is 12.1. The molecule has 4 heteroatoms. The summed E-state index contributed by atoms with van der Waals surface area (Å²) in [5.74, 6) is 0.466. The molecule has 0 aromatic heterocycles. The molecule has 3 nitrogen and oxygen atoms in total. The maximum absolute atomic E-state index is 12.0. The average molecular weight is 300 g/mol. The summed E-state index contributed by atoms with van der Waals surface area (Å²) in [7, 11) is 1.78. The Kier molecular flexibility index (Phi) is 5.42. The molecule has 110 valence electrons. The van der Waals surface area contributed by atoms with Crippen LogP contribution < -0.4 is 11.1 Å². The predicted molar refractivity (Wildman–Crippen MR) is 88.2 cm³/mol. The molecule has 0 saturated carbocycles. The van der Waals surface area contributed by atoms with Gasteiger partial charge in [-0.1, -0.05) is 48.5 Å². The van der Waals surface area contributed by atoms with Gasteiger partial charge in [0.05, 0.1) is 0 Å². The molecule has 0 aliphatic rings. The quantitative estimate of drug-likeness (QED) is 0.773. The minimum absolute atomic E-state index is 0.343. The molecule has 0 saturated heterocycles. The first kappa shape index (κ1) is 15.6. The van der Waals surface area contributed by atoms with Crippen molar-refractivity contribution in [3.8, 4) is 0 Å². The van der Waals surface area contributed by atoms with Crippen molar-refractivity contribution < 1.29 is 4.79 Å². The van der Waals surface area contributed by atoms with Gasteiger partial charge < -0.3 is 11.1 Å². The largest absolute Gasteiger partial charge is 0.368 e. The van der Waals surface area contributed by atoms with Crippen LogP contribution in [0.15, 0.2) is 65.6 Å². The van der Waals surface area contributed by atoms with Crippen molar-refractivity contribution in [3.63, 3.8) is 0 Å². The molecule has 1 amide bonds. The maximum atomic E-state index is 12.0. The second-order valence-electron chi connectivity index (χ2n) is 4.80. The smallest absolute Gasteiger partial charge is 0.242 e. The Morgan fingerprint density at radius 3 is 2.19 bits per heavy atom. The van der Waals surface area contributed by atoms with Crippen molar-refractivity contribution in [1.82, 2.24) is 5.32 Å². The van der Waals surface area contributed by atoms with Crippen LogP contribution in [0.3, 0.4) is 0 Å². The Labute approximate surface area is 129 Å². The number of benzene rings is 2. The summed E-state index contributed by atoms with van der Waals surface area (Å²) >= 11 is 1.73. The Hall–Kier alpha value is -1.78. The van der Waals surface area contributed by atoms with Crippen molar-refractivity contribution in [2.45, 2.75) is 16.9 Å². The van der Waals surface area contributed by atoms with Gasteiger partial charge in [-0.25, -0.2) is 0 Å². The number of nitrogens with two attached hydrogens (primary N) is 1. The fraction of sp³-hybridized carbons (Fsp3) is 0.235. The summed E-state index contributed by atoms with van der Waals surface area (Å²) in [6.45, 7) is 0. The van der Waals surface area contributed by atoms with Gasteiger partial charge >= 0.3 is 0 Å². The molecule has 0 fully saturated rings. The number of thioether (sulfide) groups is 1. The van der Waals surface area contributed by atoms with E-state index in [2.05, 4.69) is 17.4 Å². The first-order chi connectivity index (χ1) is 10.2. The van der Waals surface area contributed by atoms with Gasteiger partial charge in [-0.2, -0.15) is 0 Å². The van der Waals surface area contributed by atoms with Crippen LogP contribution in [0.2, 0.25) is 0 Å². The van der Waals surface area contributed by atoms with E-state index >= 15 is 0 Å². The minimum Gasteiger partial charge on any atom is -0.368 e. The van der Waals surface area contributed by atoms with Gasteiger partial charge in [0.2, 0.25) is 5.91 Å². The lowest BCUT2D eigenvalue weighted by Gasteiger charge is -2.30. The number of hydrogen-bond donors (Lipinski definition) is 2. The summed E-state index contributed by atoms with van der Waals surface area (Å²) in [6, 6.07) is 19.8. The van der Waals surface area contributed by atoms with Crippen molar-refractivity contribution in [2.75, 3.05) is 12.8 Å². The first-order valence-corrected chi connectivity index (χ1v) is 7.90. The third kappa shape index (κ3) is 3.65. The van der Waals surface area contributed by atoms with E-state index < -0.39 is 5.54 Å². The lowest BCUT2D eigenvalue weighted by Crippen LogP contribution is -2.51. The van der Waals surface area contributed by atoms with Gasteiger partial charge in [0, 0.05) is 10.6 Å². The molecule has 3 N–H and O–H groups in total. The Morgan fingerprint density at radius 2 is 1.67 bits per heavy atom. The van der Waals surface area contributed by atoms with Crippen molar-refractivity contribution >= 4 is 17.7 Å². The van der Waals surface area contributed by atoms with E-state index in [1.165, 1.54) is 4.90 Å². The second-order valence-corrected chi connectivity index (χ2v) is 5.97. The summed E-state index contributed by atoms with van der Waals surface area (Å²) in [5.41, 5.74) is 5.78. The highest BCUT2D eigenvalue weighted by Gasteiger charge is 2.36. The van der Waals surface area contributed by atoms with Crippen molar-refractivity contribution in [3.05, 3.63) is 66.2 Å². The van der Waals surface area contributed by atoms with Crippen LogP contribution in [0.25, 0.3) is 0 Å². The molecular formula is C17H20N2OS. The van der Waals surface area contributed by atoms with E-state index in [1.54, 1.807) is 18.8 Å². The molecule has 0 spiro atoms. The maximum Gasteiger partial charge on any atom is 0.242 e. The Balaban J connectivity index is 2.12. The van der Waals surface area contributed by atoms with E-state index in [0.29, 0.717) is 6.42 Å². The van der Waals surface area contributed by atoms with Crippen LogP contribution in [-0.4, -0.2) is 18.7 Å². The van der Waals surface area contributed by atoms with Gasteiger partial charge in [-0.3, -0.25) is 4.79 Å². The molecule has 0 aliphatic heterocycles. The van der Waals surface area contributed by atoms with Crippen LogP contribution in [0.5, 0.6) is 0 Å². The van der Waals surface area contributed by atoms with Crippen molar-refractivity contribution in [2.24, 2.45) is 5.73 Å². The number of carbonyl (C=O) groups excluding carboxylic acids is 1. The zero-order chi connectivity index (χ0) is 15.1.